The van der Waals surface area contributed by atoms with Crippen molar-refractivity contribution in [3.05, 3.63) is 0 Å². The highest BCUT2D eigenvalue weighted by molar-refractivity contribution is 8.14. The van der Waals surface area contributed by atoms with E-state index < -0.39 is 41.6 Å². The Morgan fingerprint density at radius 2 is 1.95 bits per heavy atom. The highest BCUT2D eigenvalue weighted by Gasteiger charge is 2.62. The Kier molecular flexibility index (Phi) is 4.47. The molecule has 0 amide bonds. The van der Waals surface area contributed by atoms with Gasteiger partial charge in [0.2, 0.25) is 0 Å². The zero-order chi connectivity index (χ0) is 16.0. The van der Waals surface area contributed by atoms with Gasteiger partial charge < -0.3 is 25.4 Å². The lowest BCUT2D eigenvalue weighted by Crippen LogP contribution is -2.66. The Balaban J connectivity index is 2.21. The fourth-order valence-electron chi connectivity index (χ4n) is 2.22. The van der Waals surface area contributed by atoms with Gasteiger partial charge in [0, 0.05) is 6.54 Å². The first kappa shape index (κ1) is 16.8. The summed E-state index contributed by atoms with van der Waals surface area (Å²) in [4.78, 5) is 4.08. The maximum absolute atomic E-state index is 12.9. The van der Waals surface area contributed by atoms with Crippen LogP contribution >= 0.6 is 11.8 Å². The number of thioether (sulfide) groups is 1. The molecule has 1 fully saturated rings. The second-order valence-electron chi connectivity index (χ2n) is 5.12. The largest absolute Gasteiger partial charge is 0.419 e. The lowest BCUT2D eigenvalue weighted by Gasteiger charge is -2.44. The molecular formula is C11H17F3N2O4S. The van der Waals surface area contributed by atoms with Crippen molar-refractivity contribution in [2.45, 2.75) is 55.4 Å². The second-order valence-corrected chi connectivity index (χ2v) is 6.21. The number of alkyl halides is 3. The van der Waals surface area contributed by atoms with Crippen LogP contribution in [0.1, 0.15) is 13.8 Å². The molecule has 2 aliphatic rings. The summed E-state index contributed by atoms with van der Waals surface area (Å²) in [6.07, 6.45) is -10.4. The lowest BCUT2D eigenvalue weighted by atomic mass is 9.87. The number of nitrogens with one attached hydrogen (secondary N) is 1. The zero-order valence-corrected chi connectivity index (χ0v) is 12.1. The first-order valence-corrected chi connectivity index (χ1v) is 7.26. The molecule has 6 nitrogen and oxygen atoms in total. The molecule has 2 aliphatic heterocycles. The molecule has 122 valence electrons. The third kappa shape index (κ3) is 2.87. The molecular weight excluding hydrogens is 313 g/mol. The molecule has 21 heavy (non-hydrogen) atoms. The van der Waals surface area contributed by atoms with Crippen molar-refractivity contribution in [3.8, 4) is 0 Å². The lowest BCUT2D eigenvalue weighted by molar-refractivity contribution is -0.317. The number of amidine groups is 1. The van der Waals surface area contributed by atoms with Crippen LogP contribution in [-0.2, 0) is 4.74 Å². The van der Waals surface area contributed by atoms with Crippen molar-refractivity contribution >= 4 is 16.9 Å². The van der Waals surface area contributed by atoms with Crippen molar-refractivity contribution in [1.29, 1.82) is 0 Å². The van der Waals surface area contributed by atoms with E-state index in [1.165, 1.54) is 0 Å². The Morgan fingerprint density at radius 3 is 2.48 bits per heavy atom. The summed E-state index contributed by atoms with van der Waals surface area (Å²) in [5, 5.41) is 32.8. The van der Waals surface area contributed by atoms with Crippen molar-refractivity contribution in [2.24, 2.45) is 4.99 Å². The molecule has 6 atom stereocenters. The average molecular weight is 330 g/mol. The molecule has 0 radical (unpaired) electrons. The summed E-state index contributed by atoms with van der Waals surface area (Å²) in [5.74, 6) is 0. The minimum Gasteiger partial charge on any atom is -0.388 e. The van der Waals surface area contributed by atoms with Crippen molar-refractivity contribution in [2.75, 3.05) is 6.54 Å². The normalized spacial score (nSPS) is 39.4. The summed E-state index contributed by atoms with van der Waals surface area (Å²) in [6, 6.07) is -0.876. The summed E-state index contributed by atoms with van der Waals surface area (Å²) in [6.45, 7) is 2.88. The van der Waals surface area contributed by atoms with Gasteiger partial charge in [-0.15, -0.1) is 0 Å². The van der Waals surface area contributed by atoms with Crippen LogP contribution < -0.4 is 5.32 Å². The standard InChI is InChI=1S/C11H17F3N2O4S/c1-3-15-9-16-4-5(17)6(18)7(20-8(4)21-9)10(2,19)11(12,13)14/h4-8,17-19H,3H2,1-2H3,(H,15,16)/t4-,5-,6+,7+,8-,10+/m1/s1. The fraction of sp³-hybridized carbons (Fsp3) is 0.909. The summed E-state index contributed by atoms with van der Waals surface area (Å²) in [7, 11) is 0. The number of rotatable bonds is 2. The molecule has 10 heteroatoms. The quantitative estimate of drug-likeness (QED) is 0.562. The molecule has 0 unspecified atom stereocenters. The molecule has 0 aromatic carbocycles. The van der Waals surface area contributed by atoms with Gasteiger partial charge >= 0.3 is 6.18 Å². The van der Waals surface area contributed by atoms with Crippen LogP contribution in [0.4, 0.5) is 13.2 Å². The molecule has 1 saturated heterocycles. The van der Waals surface area contributed by atoms with Gasteiger partial charge in [-0.3, -0.25) is 4.99 Å². The van der Waals surface area contributed by atoms with Gasteiger partial charge in [0.25, 0.3) is 0 Å². The maximum Gasteiger partial charge on any atom is 0.419 e. The predicted molar refractivity (Wildman–Crippen MR) is 69.8 cm³/mol. The van der Waals surface area contributed by atoms with Crippen LogP contribution in [0.5, 0.6) is 0 Å². The number of nitrogens with zero attached hydrogens (tertiary/aromatic N) is 1. The first-order chi connectivity index (χ1) is 9.59. The van der Waals surface area contributed by atoms with Gasteiger partial charge in [0.1, 0.15) is 29.8 Å². The molecule has 4 N–H and O–H groups in total. The van der Waals surface area contributed by atoms with E-state index in [9.17, 15) is 28.5 Å². The van der Waals surface area contributed by atoms with Gasteiger partial charge in [-0.1, -0.05) is 11.8 Å². The van der Waals surface area contributed by atoms with Crippen molar-refractivity contribution in [1.82, 2.24) is 5.32 Å². The highest BCUT2D eigenvalue weighted by Crippen LogP contribution is 2.43. The van der Waals surface area contributed by atoms with E-state index in [0.717, 1.165) is 11.8 Å². The Hall–Kier alpha value is -0.550. The average Bonchev–Trinajstić information content (AvgIpc) is 2.75. The number of hydrogen-bond donors (Lipinski definition) is 4. The molecule has 0 aromatic rings. The third-order valence-corrected chi connectivity index (χ3v) is 4.61. The monoisotopic (exact) mass is 330 g/mol. The second kappa shape index (κ2) is 5.58. The minimum atomic E-state index is -5.00. The van der Waals surface area contributed by atoms with E-state index in [1.807, 2.05) is 6.92 Å². The molecule has 0 saturated carbocycles. The van der Waals surface area contributed by atoms with Gasteiger partial charge in [-0.05, 0) is 13.8 Å². The van der Waals surface area contributed by atoms with Crippen LogP contribution in [0, 0.1) is 0 Å². The van der Waals surface area contributed by atoms with Gasteiger partial charge in [-0.25, -0.2) is 0 Å². The van der Waals surface area contributed by atoms with E-state index in [4.69, 9.17) is 4.74 Å². The van der Waals surface area contributed by atoms with Gasteiger partial charge in [0.05, 0.1) is 0 Å². The van der Waals surface area contributed by atoms with Crippen LogP contribution in [0.15, 0.2) is 4.99 Å². The van der Waals surface area contributed by atoms with Crippen molar-refractivity contribution in [3.63, 3.8) is 0 Å². The van der Waals surface area contributed by atoms with E-state index in [2.05, 4.69) is 10.3 Å². The zero-order valence-electron chi connectivity index (χ0n) is 11.3. The molecule has 0 bridgehead atoms. The number of halogens is 3. The number of aliphatic hydroxyl groups excluding tert-OH is 2. The molecule has 0 spiro atoms. The Bertz CT molecular complexity index is 432. The van der Waals surface area contributed by atoms with E-state index >= 15 is 0 Å². The van der Waals surface area contributed by atoms with Crippen LogP contribution in [0.3, 0.4) is 0 Å². The number of fused-ring (bicyclic) bond motifs is 1. The van der Waals surface area contributed by atoms with E-state index in [0.29, 0.717) is 18.6 Å². The van der Waals surface area contributed by atoms with Gasteiger partial charge in [-0.2, -0.15) is 13.2 Å². The first-order valence-electron chi connectivity index (χ1n) is 6.38. The summed E-state index contributed by atoms with van der Waals surface area (Å²) in [5.41, 5.74) is -4.17. The molecule has 2 rings (SSSR count). The highest BCUT2D eigenvalue weighted by atomic mass is 32.2. The topological polar surface area (TPSA) is 94.3 Å². The smallest absolute Gasteiger partial charge is 0.388 e. The molecule has 0 aliphatic carbocycles. The minimum absolute atomic E-state index is 0.422. The van der Waals surface area contributed by atoms with Crippen molar-refractivity contribution < 1.29 is 33.2 Å². The van der Waals surface area contributed by atoms with E-state index in [1.54, 1.807) is 0 Å². The fourth-order valence-corrected chi connectivity index (χ4v) is 3.39. The van der Waals surface area contributed by atoms with E-state index in [-0.39, 0.29) is 0 Å². The van der Waals surface area contributed by atoms with Crippen LogP contribution in [-0.4, -0.2) is 68.6 Å². The number of aliphatic imine (C=N–C) groups is 1. The number of ether oxygens (including phenoxy) is 1. The predicted octanol–water partition coefficient (Wildman–Crippen LogP) is -0.173. The Labute approximate surface area is 123 Å². The summed E-state index contributed by atoms with van der Waals surface area (Å²) >= 11 is 1.02. The third-order valence-electron chi connectivity index (χ3n) is 3.52. The maximum atomic E-state index is 12.9. The Morgan fingerprint density at radius 1 is 1.33 bits per heavy atom. The SMILES string of the molecule is CCNC1=N[C@@H]2[C@@H](O)[C@H](O)[C@@H]([C@](C)(O)C(F)(F)F)O[C@@H]2S1. The van der Waals surface area contributed by atoms with Crippen LogP contribution in [0.25, 0.3) is 0 Å². The number of aliphatic hydroxyl groups is 3. The molecule has 2 heterocycles. The van der Waals surface area contributed by atoms with Crippen LogP contribution in [0.2, 0.25) is 0 Å². The number of hydrogen-bond acceptors (Lipinski definition) is 7. The summed E-state index contributed by atoms with van der Waals surface area (Å²) < 4.78 is 43.9. The molecule has 0 aromatic heterocycles. The van der Waals surface area contributed by atoms with Gasteiger partial charge in [0.15, 0.2) is 10.8 Å².